The zero-order valence-corrected chi connectivity index (χ0v) is 11.6. The largest absolute Gasteiger partial charge is 0.508 e. The molecule has 0 amide bonds. The molecule has 1 aliphatic rings. The van der Waals surface area contributed by atoms with E-state index >= 15 is 0 Å². The van der Waals surface area contributed by atoms with Gasteiger partial charge in [-0.1, -0.05) is 6.07 Å². The zero-order chi connectivity index (χ0) is 13.6. The van der Waals surface area contributed by atoms with Gasteiger partial charge in [0, 0.05) is 17.1 Å². The Labute approximate surface area is 109 Å². The van der Waals surface area contributed by atoms with E-state index < -0.39 is 0 Å². The van der Waals surface area contributed by atoms with E-state index in [0.29, 0.717) is 5.92 Å². The summed E-state index contributed by atoms with van der Waals surface area (Å²) in [5.74, 6) is 0.633. The van der Waals surface area contributed by atoms with Gasteiger partial charge in [-0.15, -0.1) is 0 Å². The Hall–Kier alpha value is -1.22. The fraction of sp³-hybridized carbons (Fsp3) is 0.600. The summed E-state index contributed by atoms with van der Waals surface area (Å²) < 4.78 is 0. The Bertz CT molecular complexity index is 436. The molecule has 100 valence electrons. The van der Waals surface area contributed by atoms with Crippen molar-refractivity contribution in [3.05, 3.63) is 23.8 Å². The Morgan fingerprint density at radius 3 is 2.11 bits per heavy atom. The van der Waals surface area contributed by atoms with Gasteiger partial charge < -0.3 is 15.5 Å². The van der Waals surface area contributed by atoms with Crippen LogP contribution in [0.3, 0.4) is 0 Å². The summed E-state index contributed by atoms with van der Waals surface area (Å²) in [5, 5.41) is 23.0. The molecule has 0 aromatic heterocycles. The molecule has 0 aliphatic carbocycles. The normalized spacial score (nSPS) is 22.9. The highest BCUT2D eigenvalue weighted by molar-refractivity contribution is 5.41. The summed E-state index contributed by atoms with van der Waals surface area (Å²) in [4.78, 5) is 0. The lowest BCUT2D eigenvalue weighted by Crippen LogP contribution is -2.57. The van der Waals surface area contributed by atoms with Gasteiger partial charge in [-0.05, 0) is 58.1 Å². The monoisotopic (exact) mass is 249 g/mol. The first kappa shape index (κ1) is 13.2. The summed E-state index contributed by atoms with van der Waals surface area (Å²) in [6, 6.07) is 4.92. The van der Waals surface area contributed by atoms with Crippen molar-refractivity contribution in [3.63, 3.8) is 0 Å². The third-order valence-electron chi connectivity index (χ3n) is 3.64. The summed E-state index contributed by atoms with van der Waals surface area (Å²) in [7, 11) is 0. The Morgan fingerprint density at radius 2 is 1.61 bits per heavy atom. The molecule has 2 rings (SSSR count). The maximum absolute atomic E-state index is 10.0. The average Bonchev–Trinajstić information content (AvgIpc) is 2.11. The molecule has 0 bridgehead atoms. The second-order valence-electron chi connectivity index (χ2n) is 6.74. The van der Waals surface area contributed by atoms with Crippen LogP contribution < -0.4 is 5.32 Å². The van der Waals surface area contributed by atoms with Crippen LogP contribution in [0.5, 0.6) is 11.5 Å². The van der Waals surface area contributed by atoms with Crippen LogP contribution in [0.1, 0.15) is 52.0 Å². The Morgan fingerprint density at radius 1 is 1.06 bits per heavy atom. The molecule has 0 atom stereocenters. The van der Waals surface area contributed by atoms with Gasteiger partial charge >= 0.3 is 0 Å². The highest BCUT2D eigenvalue weighted by Gasteiger charge is 2.38. The third kappa shape index (κ3) is 2.78. The van der Waals surface area contributed by atoms with Crippen molar-refractivity contribution in [1.29, 1.82) is 0 Å². The van der Waals surface area contributed by atoms with Crippen LogP contribution in [0.4, 0.5) is 0 Å². The van der Waals surface area contributed by atoms with Gasteiger partial charge in [0.2, 0.25) is 0 Å². The lowest BCUT2D eigenvalue weighted by Gasteiger charge is -2.46. The van der Waals surface area contributed by atoms with Gasteiger partial charge in [0.15, 0.2) is 0 Å². The number of phenols is 2. The third-order valence-corrected chi connectivity index (χ3v) is 3.64. The fourth-order valence-electron chi connectivity index (χ4n) is 3.42. The number of benzene rings is 1. The van der Waals surface area contributed by atoms with Crippen LogP contribution in [0, 0.1) is 0 Å². The molecule has 1 aromatic carbocycles. The van der Waals surface area contributed by atoms with Crippen molar-refractivity contribution in [2.75, 3.05) is 0 Å². The quantitative estimate of drug-likeness (QED) is 0.716. The molecule has 3 nitrogen and oxygen atoms in total. The second-order valence-corrected chi connectivity index (χ2v) is 6.74. The van der Waals surface area contributed by atoms with Crippen molar-refractivity contribution >= 4 is 0 Å². The van der Waals surface area contributed by atoms with Gasteiger partial charge in [0.25, 0.3) is 0 Å². The smallest absolute Gasteiger partial charge is 0.122 e. The number of hydrogen-bond acceptors (Lipinski definition) is 3. The number of nitrogens with one attached hydrogen (secondary N) is 1. The molecule has 0 unspecified atom stereocenters. The van der Waals surface area contributed by atoms with E-state index in [-0.39, 0.29) is 22.6 Å². The summed E-state index contributed by atoms with van der Waals surface area (Å²) in [6.45, 7) is 8.77. The molecule has 3 heteroatoms. The van der Waals surface area contributed by atoms with Crippen LogP contribution >= 0.6 is 0 Å². The minimum atomic E-state index is 0.0523. The summed E-state index contributed by atoms with van der Waals surface area (Å²) in [6.07, 6.45) is 1.96. The average molecular weight is 249 g/mol. The molecule has 0 radical (unpaired) electrons. The maximum Gasteiger partial charge on any atom is 0.122 e. The van der Waals surface area contributed by atoms with Gasteiger partial charge in [0.05, 0.1) is 0 Å². The van der Waals surface area contributed by atoms with Crippen molar-refractivity contribution in [2.45, 2.75) is 57.5 Å². The number of hydrogen-bond donors (Lipinski definition) is 3. The van der Waals surface area contributed by atoms with Crippen molar-refractivity contribution in [1.82, 2.24) is 5.32 Å². The van der Waals surface area contributed by atoms with E-state index in [2.05, 4.69) is 33.0 Å². The van der Waals surface area contributed by atoms with E-state index in [1.54, 1.807) is 6.07 Å². The molecule has 1 saturated heterocycles. The van der Waals surface area contributed by atoms with E-state index in [0.717, 1.165) is 18.4 Å². The minimum absolute atomic E-state index is 0.0523. The first-order chi connectivity index (χ1) is 8.19. The van der Waals surface area contributed by atoms with Gasteiger partial charge in [-0.25, -0.2) is 0 Å². The lowest BCUT2D eigenvalue weighted by molar-refractivity contribution is 0.160. The fourth-order valence-corrected chi connectivity index (χ4v) is 3.42. The molecular formula is C15H23NO2. The summed E-state index contributed by atoms with van der Waals surface area (Å²) in [5.41, 5.74) is 1.04. The molecule has 0 saturated carbocycles. The van der Waals surface area contributed by atoms with Crippen LogP contribution in [0.25, 0.3) is 0 Å². The van der Waals surface area contributed by atoms with Crippen molar-refractivity contribution < 1.29 is 10.2 Å². The molecule has 1 aliphatic heterocycles. The summed E-state index contributed by atoms with van der Waals surface area (Å²) >= 11 is 0. The molecule has 1 fully saturated rings. The Kier molecular flexibility index (Phi) is 3.06. The molecule has 3 N–H and O–H groups in total. The van der Waals surface area contributed by atoms with Gasteiger partial charge in [0.1, 0.15) is 11.5 Å². The molecule has 18 heavy (non-hydrogen) atoms. The number of piperidine rings is 1. The zero-order valence-electron chi connectivity index (χ0n) is 11.6. The SMILES string of the molecule is CC1(C)CC(c2ccc(O)cc2O)CC(C)(C)N1. The first-order valence-corrected chi connectivity index (χ1v) is 6.50. The molecular weight excluding hydrogens is 226 g/mol. The topological polar surface area (TPSA) is 52.5 Å². The Balaban J connectivity index is 2.32. The predicted molar refractivity (Wildman–Crippen MR) is 73.0 cm³/mol. The van der Waals surface area contributed by atoms with Crippen LogP contribution in [-0.2, 0) is 0 Å². The van der Waals surface area contributed by atoms with Crippen LogP contribution in [0.2, 0.25) is 0 Å². The first-order valence-electron chi connectivity index (χ1n) is 6.50. The van der Waals surface area contributed by atoms with Crippen molar-refractivity contribution in [2.24, 2.45) is 0 Å². The standard InChI is InChI=1S/C15H23NO2/c1-14(2)8-10(9-15(3,4)16-14)12-6-5-11(17)7-13(12)18/h5-7,10,16-18H,8-9H2,1-4H3. The van der Waals surface area contributed by atoms with Crippen LogP contribution in [-0.4, -0.2) is 21.3 Å². The van der Waals surface area contributed by atoms with E-state index in [4.69, 9.17) is 0 Å². The lowest BCUT2D eigenvalue weighted by atomic mass is 9.73. The molecule has 1 heterocycles. The van der Waals surface area contributed by atoms with Gasteiger partial charge in [-0.3, -0.25) is 0 Å². The van der Waals surface area contributed by atoms with Crippen molar-refractivity contribution in [3.8, 4) is 11.5 Å². The number of phenolic OH excluding ortho intramolecular Hbond substituents is 2. The van der Waals surface area contributed by atoms with E-state index in [1.165, 1.54) is 6.07 Å². The van der Waals surface area contributed by atoms with Gasteiger partial charge in [-0.2, -0.15) is 0 Å². The highest BCUT2D eigenvalue weighted by Crippen LogP contribution is 2.42. The molecule has 1 aromatic rings. The second kappa shape index (κ2) is 4.16. The predicted octanol–water partition coefficient (Wildman–Crippen LogP) is 3.12. The molecule has 0 spiro atoms. The highest BCUT2D eigenvalue weighted by atomic mass is 16.3. The maximum atomic E-state index is 10.0. The van der Waals surface area contributed by atoms with E-state index in [1.807, 2.05) is 6.07 Å². The minimum Gasteiger partial charge on any atom is -0.508 e. The number of aromatic hydroxyl groups is 2. The number of rotatable bonds is 1. The van der Waals surface area contributed by atoms with E-state index in [9.17, 15) is 10.2 Å². The van der Waals surface area contributed by atoms with Crippen LogP contribution in [0.15, 0.2) is 18.2 Å².